The fourth-order valence-corrected chi connectivity index (χ4v) is 1.91. The van der Waals surface area contributed by atoms with Crippen molar-refractivity contribution < 1.29 is 0 Å². The summed E-state index contributed by atoms with van der Waals surface area (Å²) >= 11 is 0. The maximum absolute atomic E-state index is 4.36. The van der Waals surface area contributed by atoms with Crippen LogP contribution in [0.4, 0.5) is 0 Å². The van der Waals surface area contributed by atoms with Crippen LogP contribution in [0.3, 0.4) is 0 Å². The molecule has 0 amide bonds. The summed E-state index contributed by atoms with van der Waals surface area (Å²) in [7, 11) is 0. The Morgan fingerprint density at radius 1 is 1.30 bits per heavy atom. The summed E-state index contributed by atoms with van der Waals surface area (Å²) in [6, 6.07) is 0.551. The molecule has 3 atom stereocenters. The van der Waals surface area contributed by atoms with Gasteiger partial charge in [-0.1, -0.05) is 13.8 Å². The molecule has 0 spiro atoms. The van der Waals surface area contributed by atoms with Gasteiger partial charge >= 0.3 is 0 Å². The van der Waals surface area contributed by atoms with Gasteiger partial charge in [0.25, 0.3) is 0 Å². The van der Waals surface area contributed by atoms with Crippen LogP contribution in [0.25, 0.3) is 0 Å². The Morgan fingerprint density at radius 3 is 2.10 bits per heavy atom. The lowest BCUT2D eigenvalue weighted by Crippen LogP contribution is -2.02. The van der Waals surface area contributed by atoms with Crippen molar-refractivity contribution in [1.82, 2.24) is 0 Å². The number of hydrogen-bond donors (Lipinski definition) is 0. The van der Waals surface area contributed by atoms with Gasteiger partial charge in [-0.15, -0.1) is 0 Å². The van der Waals surface area contributed by atoms with E-state index in [1.54, 1.807) is 0 Å². The second-order valence-corrected chi connectivity index (χ2v) is 3.44. The molecule has 0 heterocycles. The highest BCUT2D eigenvalue weighted by Gasteiger charge is 2.45. The minimum atomic E-state index is 0.551. The largest absolute Gasteiger partial charge is 0.294 e. The quantitative estimate of drug-likeness (QED) is 0.521. The summed E-state index contributed by atoms with van der Waals surface area (Å²) in [6.07, 6.45) is 1.92. The van der Waals surface area contributed by atoms with Crippen LogP contribution in [0.5, 0.6) is 0 Å². The molecular formula is C9H17N. The van der Waals surface area contributed by atoms with E-state index in [-0.39, 0.29) is 0 Å². The van der Waals surface area contributed by atoms with Gasteiger partial charge in [0.1, 0.15) is 0 Å². The van der Waals surface area contributed by atoms with E-state index in [2.05, 4.69) is 25.8 Å². The molecule has 0 aromatic rings. The first kappa shape index (κ1) is 7.77. The highest BCUT2D eigenvalue weighted by Crippen LogP contribution is 2.48. The molecule has 58 valence electrons. The second-order valence-electron chi connectivity index (χ2n) is 3.44. The standard InChI is InChI=1S/C9H17N/c1-5-10-8(4)9-6(2)7(9)3/h5-9H,1-4H3. The van der Waals surface area contributed by atoms with Crippen LogP contribution in [0, 0.1) is 17.8 Å². The van der Waals surface area contributed by atoms with Gasteiger partial charge < -0.3 is 0 Å². The Balaban J connectivity index is 2.38. The van der Waals surface area contributed by atoms with Crippen molar-refractivity contribution in [2.45, 2.75) is 33.7 Å². The van der Waals surface area contributed by atoms with Crippen LogP contribution >= 0.6 is 0 Å². The zero-order valence-electron chi connectivity index (χ0n) is 7.33. The van der Waals surface area contributed by atoms with Crippen molar-refractivity contribution in [1.29, 1.82) is 0 Å². The van der Waals surface area contributed by atoms with E-state index < -0.39 is 0 Å². The molecule has 1 aliphatic carbocycles. The minimum absolute atomic E-state index is 0.551. The lowest BCUT2D eigenvalue weighted by atomic mass is 10.2. The van der Waals surface area contributed by atoms with Crippen LogP contribution in [-0.4, -0.2) is 12.3 Å². The first-order valence-electron chi connectivity index (χ1n) is 4.16. The van der Waals surface area contributed by atoms with Crippen molar-refractivity contribution >= 4 is 6.21 Å². The summed E-state index contributed by atoms with van der Waals surface area (Å²) in [5, 5.41) is 0. The van der Waals surface area contributed by atoms with Crippen molar-refractivity contribution in [2.75, 3.05) is 0 Å². The lowest BCUT2D eigenvalue weighted by molar-refractivity contribution is 0.596. The highest BCUT2D eigenvalue weighted by molar-refractivity contribution is 5.53. The van der Waals surface area contributed by atoms with Gasteiger partial charge in [-0.25, -0.2) is 0 Å². The van der Waals surface area contributed by atoms with Gasteiger partial charge in [0.15, 0.2) is 0 Å². The monoisotopic (exact) mass is 139 g/mol. The van der Waals surface area contributed by atoms with Crippen LogP contribution in [-0.2, 0) is 0 Å². The molecule has 0 aromatic heterocycles. The third kappa shape index (κ3) is 1.23. The molecule has 0 aliphatic heterocycles. The van der Waals surface area contributed by atoms with E-state index in [1.165, 1.54) is 0 Å². The van der Waals surface area contributed by atoms with Gasteiger partial charge in [-0.2, -0.15) is 0 Å². The predicted molar refractivity (Wildman–Crippen MR) is 45.4 cm³/mol. The Labute approximate surface area is 63.5 Å². The van der Waals surface area contributed by atoms with E-state index in [0.29, 0.717) is 6.04 Å². The fraction of sp³-hybridized carbons (Fsp3) is 0.889. The summed E-state index contributed by atoms with van der Waals surface area (Å²) < 4.78 is 0. The zero-order chi connectivity index (χ0) is 7.72. The van der Waals surface area contributed by atoms with Crippen LogP contribution in [0.1, 0.15) is 27.7 Å². The fourth-order valence-electron chi connectivity index (χ4n) is 1.91. The molecule has 1 heteroatoms. The van der Waals surface area contributed by atoms with E-state index in [9.17, 15) is 0 Å². The molecule has 3 unspecified atom stereocenters. The molecule has 1 aliphatic rings. The molecule has 1 rings (SSSR count). The Hall–Kier alpha value is -0.330. The molecule has 10 heavy (non-hydrogen) atoms. The lowest BCUT2D eigenvalue weighted by Gasteiger charge is -2.01. The van der Waals surface area contributed by atoms with Gasteiger partial charge in [0.2, 0.25) is 0 Å². The third-order valence-electron chi connectivity index (χ3n) is 2.84. The van der Waals surface area contributed by atoms with E-state index >= 15 is 0 Å². The van der Waals surface area contributed by atoms with E-state index in [0.717, 1.165) is 17.8 Å². The molecule has 0 N–H and O–H groups in total. The SMILES string of the molecule is CC=NC(C)C1C(C)C1C. The molecule has 0 saturated heterocycles. The topological polar surface area (TPSA) is 12.4 Å². The molecule has 0 radical (unpaired) electrons. The van der Waals surface area contributed by atoms with Gasteiger partial charge in [-0.3, -0.25) is 4.99 Å². The Kier molecular flexibility index (Phi) is 2.12. The third-order valence-corrected chi connectivity index (χ3v) is 2.84. The average Bonchev–Trinajstić information content (AvgIpc) is 2.42. The summed E-state index contributed by atoms with van der Waals surface area (Å²) in [6.45, 7) is 8.84. The van der Waals surface area contributed by atoms with E-state index in [4.69, 9.17) is 0 Å². The van der Waals surface area contributed by atoms with Crippen LogP contribution in [0.15, 0.2) is 4.99 Å². The second kappa shape index (κ2) is 2.73. The zero-order valence-corrected chi connectivity index (χ0v) is 7.33. The summed E-state index contributed by atoms with van der Waals surface area (Å²) in [5.41, 5.74) is 0. The van der Waals surface area contributed by atoms with Gasteiger partial charge in [0.05, 0.1) is 6.04 Å². The molecule has 1 nitrogen and oxygen atoms in total. The molecule has 0 bridgehead atoms. The van der Waals surface area contributed by atoms with Crippen molar-refractivity contribution in [3.63, 3.8) is 0 Å². The summed E-state index contributed by atoms with van der Waals surface area (Å²) in [4.78, 5) is 4.36. The minimum Gasteiger partial charge on any atom is -0.294 e. The molecule has 1 saturated carbocycles. The maximum Gasteiger partial charge on any atom is 0.0500 e. The smallest absolute Gasteiger partial charge is 0.0500 e. The number of aliphatic imine (C=N–C) groups is 1. The first-order valence-corrected chi connectivity index (χ1v) is 4.16. The van der Waals surface area contributed by atoms with Gasteiger partial charge in [0, 0.05) is 0 Å². The van der Waals surface area contributed by atoms with Gasteiger partial charge in [-0.05, 0) is 37.8 Å². The normalized spacial score (nSPS) is 42.2. The van der Waals surface area contributed by atoms with Crippen molar-refractivity contribution in [3.8, 4) is 0 Å². The Morgan fingerprint density at radius 2 is 1.80 bits per heavy atom. The number of nitrogens with zero attached hydrogens (tertiary/aromatic N) is 1. The Bertz CT molecular complexity index is 132. The highest BCUT2D eigenvalue weighted by atomic mass is 14.8. The summed E-state index contributed by atoms with van der Waals surface area (Å²) in [5.74, 6) is 2.66. The number of hydrogen-bond acceptors (Lipinski definition) is 1. The van der Waals surface area contributed by atoms with Crippen molar-refractivity contribution in [2.24, 2.45) is 22.7 Å². The number of rotatable bonds is 2. The maximum atomic E-state index is 4.36. The first-order chi connectivity index (χ1) is 4.68. The van der Waals surface area contributed by atoms with Crippen LogP contribution in [0.2, 0.25) is 0 Å². The average molecular weight is 139 g/mol. The van der Waals surface area contributed by atoms with E-state index in [1.807, 2.05) is 13.1 Å². The molecular weight excluding hydrogens is 122 g/mol. The molecule has 0 aromatic carbocycles. The molecule has 1 fully saturated rings. The predicted octanol–water partition coefficient (Wildman–Crippen LogP) is 2.37. The van der Waals surface area contributed by atoms with Crippen LogP contribution < -0.4 is 0 Å². The van der Waals surface area contributed by atoms with Crippen molar-refractivity contribution in [3.05, 3.63) is 0 Å².